The second-order valence-corrected chi connectivity index (χ2v) is 6.09. The van der Waals surface area contributed by atoms with Gasteiger partial charge in [0.15, 0.2) is 0 Å². The van der Waals surface area contributed by atoms with Crippen LogP contribution >= 0.6 is 0 Å². The Morgan fingerprint density at radius 3 is 2.70 bits per heavy atom. The Bertz CT molecular complexity index is 622. The fourth-order valence-corrected chi connectivity index (χ4v) is 3.28. The van der Waals surface area contributed by atoms with Gasteiger partial charge in [-0.2, -0.15) is 15.0 Å². The maximum absolute atomic E-state index is 12.7. The van der Waals surface area contributed by atoms with Crippen molar-refractivity contribution >= 4 is 16.9 Å². The van der Waals surface area contributed by atoms with E-state index in [4.69, 9.17) is 4.74 Å². The number of benzene rings is 1. The zero-order valence-electron chi connectivity index (χ0n) is 13.6. The first-order chi connectivity index (χ1) is 11.3. The molecule has 1 aliphatic rings. The summed E-state index contributed by atoms with van der Waals surface area (Å²) in [5, 5.41) is 8.77. The molecule has 1 saturated heterocycles. The number of rotatable bonds is 6. The summed E-state index contributed by atoms with van der Waals surface area (Å²) < 4.78 is 5.13. The van der Waals surface area contributed by atoms with Crippen LogP contribution < -0.4 is 0 Å². The molecule has 1 aromatic heterocycles. The molecule has 0 unspecified atom stereocenters. The molecular weight excluding hydrogens is 292 g/mol. The van der Waals surface area contributed by atoms with Crippen LogP contribution in [0.5, 0.6) is 0 Å². The van der Waals surface area contributed by atoms with Crippen molar-refractivity contribution in [3.05, 3.63) is 24.3 Å². The number of likely N-dealkylation sites (tertiary alicyclic amines) is 1. The molecule has 124 valence electrons. The molecule has 0 spiro atoms. The topological polar surface area (TPSA) is 60.2 Å². The third kappa shape index (κ3) is 3.88. The van der Waals surface area contributed by atoms with Gasteiger partial charge in [0.25, 0.3) is 0 Å². The highest BCUT2D eigenvalue weighted by Gasteiger charge is 2.26. The van der Waals surface area contributed by atoms with Crippen molar-refractivity contribution in [2.24, 2.45) is 0 Å². The number of fused-ring (bicyclic) bond motifs is 1. The number of hydrogen-bond donors (Lipinski definition) is 0. The van der Waals surface area contributed by atoms with Crippen LogP contribution in [0.1, 0.15) is 32.1 Å². The van der Waals surface area contributed by atoms with Crippen LogP contribution in [-0.2, 0) is 16.1 Å². The molecular formula is C17H24N4O2. The molecule has 1 amide bonds. The highest BCUT2D eigenvalue weighted by Crippen LogP contribution is 2.21. The summed E-state index contributed by atoms with van der Waals surface area (Å²) in [5.74, 6) is 0.118. The second-order valence-electron chi connectivity index (χ2n) is 6.09. The largest absolute Gasteiger partial charge is 0.385 e. The minimum absolute atomic E-state index is 0.118. The van der Waals surface area contributed by atoms with E-state index >= 15 is 0 Å². The fourth-order valence-electron chi connectivity index (χ4n) is 3.28. The molecule has 6 nitrogen and oxygen atoms in total. The van der Waals surface area contributed by atoms with Crippen molar-refractivity contribution in [2.45, 2.75) is 44.7 Å². The van der Waals surface area contributed by atoms with Crippen molar-refractivity contribution in [3.63, 3.8) is 0 Å². The van der Waals surface area contributed by atoms with Crippen LogP contribution in [0.3, 0.4) is 0 Å². The van der Waals surface area contributed by atoms with E-state index in [0.29, 0.717) is 6.04 Å². The lowest BCUT2D eigenvalue weighted by Crippen LogP contribution is -2.45. The van der Waals surface area contributed by atoms with Crippen molar-refractivity contribution in [1.82, 2.24) is 19.9 Å². The smallest absolute Gasteiger partial charge is 0.246 e. The van der Waals surface area contributed by atoms with Gasteiger partial charge in [-0.15, -0.1) is 0 Å². The fraction of sp³-hybridized carbons (Fsp3) is 0.588. The van der Waals surface area contributed by atoms with Crippen LogP contribution in [0, 0.1) is 0 Å². The predicted molar refractivity (Wildman–Crippen MR) is 88.0 cm³/mol. The third-order valence-electron chi connectivity index (χ3n) is 4.44. The Labute approximate surface area is 136 Å². The van der Waals surface area contributed by atoms with Gasteiger partial charge in [-0.1, -0.05) is 12.1 Å². The highest BCUT2D eigenvalue weighted by molar-refractivity contribution is 5.77. The standard InChI is InChI=1S/C17H24N4O2/c1-23-12-6-8-14-7-4-5-11-20(14)17(22)13-21-18-15-9-2-3-10-16(15)19-21/h2-3,9-10,14H,4-8,11-13H2,1H3/t14-/m0/s1. The van der Waals surface area contributed by atoms with Gasteiger partial charge in [0.1, 0.15) is 17.6 Å². The number of amides is 1. The monoisotopic (exact) mass is 316 g/mol. The van der Waals surface area contributed by atoms with Crippen molar-refractivity contribution in [2.75, 3.05) is 20.3 Å². The maximum atomic E-state index is 12.7. The zero-order valence-corrected chi connectivity index (χ0v) is 13.6. The van der Waals surface area contributed by atoms with E-state index in [-0.39, 0.29) is 12.5 Å². The van der Waals surface area contributed by atoms with Gasteiger partial charge < -0.3 is 9.64 Å². The minimum Gasteiger partial charge on any atom is -0.385 e. The average molecular weight is 316 g/mol. The van der Waals surface area contributed by atoms with Gasteiger partial charge in [0.05, 0.1) is 0 Å². The van der Waals surface area contributed by atoms with E-state index in [1.165, 1.54) is 11.2 Å². The summed E-state index contributed by atoms with van der Waals surface area (Å²) in [4.78, 5) is 16.2. The summed E-state index contributed by atoms with van der Waals surface area (Å²) in [6.45, 7) is 1.82. The normalized spacial score (nSPS) is 18.5. The summed E-state index contributed by atoms with van der Waals surface area (Å²) >= 11 is 0. The number of carbonyl (C=O) groups excluding carboxylic acids is 1. The molecule has 3 rings (SSSR count). The summed E-state index contributed by atoms with van der Waals surface area (Å²) in [6.07, 6.45) is 5.37. The summed E-state index contributed by atoms with van der Waals surface area (Å²) in [6, 6.07) is 8.02. The van der Waals surface area contributed by atoms with Gasteiger partial charge >= 0.3 is 0 Å². The van der Waals surface area contributed by atoms with E-state index in [9.17, 15) is 4.79 Å². The Morgan fingerprint density at radius 2 is 2.00 bits per heavy atom. The molecule has 0 saturated carbocycles. The first-order valence-corrected chi connectivity index (χ1v) is 8.36. The molecule has 6 heteroatoms. The van der Waals surface area contributed by atoms with E-state index in [0.717, 1.165) is 49.9 Å². The van der Waals surface area contributed by atoms with Gasteiger partial charge in [0.2, 0.25) is 5.91 Å². The molecule has 0 radical (unpaired) electrons. The first kappa shape index (κ1) is 15.9. The molecule has 0 aliphatic carbocycles. The Kier molecular flexibility index (Phi) is 5.23. The molecule has 1 aliphatic heterocycles. The van der Waals surface area contributed by atoms with Crippen LogP contribution in [-0.4, -0.2) is 52.1 Å². The quantitative estimate of drug-likeness (QED) is 0.767. The molecule has 1 fully saturated rings. The van der Waals surface area contributed by atoms with E-state index < -0.39 is 0 Å². The molecule has 0 N–H and O–H groups in total. The van der Waals surface area contributed by atoms with Crippen LogP contribution in [0.4, 0.5) is 0 Å². The van der Waals surface area contributed by atoms with E-state index in [2.05, 4.69) is 10.2 Å². The van der Waals surface area contributed by atoms with Crippen molar-refractivity contribution < 1.29 is 9.53 Å². The van der Waals surface area contributed by atoms with Crippen LogP contribution in [0.25, 0.3) is 11.0 Å². The van der Waals surface area contributed by atoms with Gasteiger partial charge in [0, 0.05) is 26.3 Å². The summed E-state index contributed by atoms with van der Waals surface area (Å²) in [5.41, 5.74) is 1.66. The minimum atomic E-state index is 0.118. The number of piperidine rings is 1. The number of methoxy groups -OCH3 is 1. The lowest BCUT2D eigenvalue weighted by molar-refractivity contribution is -0.136. The van der Waals surface area contributed by atoms with Crippen LogP contribution in [0.2, 0.25) is 0 Å². The molecule has 0 bridgehead atoms. The number of ether oxygens (including phenoxy) is 1. The van der Waals surface area contributed by atoms with Gasteiger partial charge in [-0.3, -0.25) is 4.79 Å². The molecule has 2 aromatic rings. The van der Waals surface area contributed by atoms with E-state index in [1.54, 1.807) is 7.11 Å². The summed E-state index contributed by atoms with van der Waals surface area (Å²) in [7, 11) is 1.72. The molecule has 1 aromatic carbocycles. The Balaban J connectivity index is 1.65. The Morgan fingerprint density at radius 1 is 1.26 bits per heavy atom. The lowest BCUT2D eigenvalue weighted by Gasteiger charge is -2.35. The second kappa shape index (κ2) is 7.55. The number of aromatic nitrogens is 3. The Hall–Kier alpha value is -1.95. The number of hydrogen-bond acceptors (Lipinski definition) is 4. The van der Waals surface area contributed by atoms with Gasteiger partial charge in [-0.25, -0.2) is 0 Å². The molecule has 1 atom stereocenters. The average Bonchev–Trinajstić information content (AvgIpc) is 2.97. The lowest BCUT2D eigenvalue weighted by atomic mass is 9.98. The molecule has 2 heterocycles. The highest BCUT2D eigenvalue weighted by atomic mass is 16.5. The molecule has 23 heavy (non-hydrogen) atoms. The first-order valence-electron chi connectivity index (χ1n) is 8.36. The van der Waals surface area contributed by atoms with Crippen molar-refractivity contribution in [1.29, 1.82) is 0 Å². The SMILES string of the molecule is COCCC[C@@H]1CCCCN1C(=O)Cn1nc2ccccc2n1. The number of nitrogens with zero attached hydrogens (tertiary/aromatic N) is 4. The van der Waals surface area contributed by atoms with Gasteiger partial charge in [-0.05, 0) is 44.2 Å². The third-order valence-corrected chi connectivity index (χ3v) is 4.44. The van der Waals surface area contributed by atoms with Crippen LogP contribution in [0.15, 0.2) is 24.3 Å². The predicted octanol–water partition coefficient (Wildman–Crippen LogP) is 2.24. The van der Waals surface area contributed by atoms with E-state index in [1.807, 2.05) is 29.2 Å². The van der Waals surface area contributed by atoms with Crippen molar-refractivity contribution in [3.8, 4) is 0 Å². The maximum Gasteiger partial charge on any atom is 0.246 e. The zero-order chi connectivity index (χ0) is 16.1. The number of carbonyl (C=O) groups is 1.